The van der Waals surface area contributed by atoms with Crippen LogP contribution in [0.15, 0.2) is 15.8 Å². The van der Waals surface area contributed by atoms with Crippen molar-refractivity contribution in [1.29, 1.82) is 0 Å². The van der Waals surface area contributed by atoms with Gasteiger partial charge in [-0.1, -0.05) is 6.32 Å². The molecular formula is C6H6B10N2O2. The van der Waals surface area contributed by atoms with Crippen molar-refractivity contribution in [1.82, 2.24) is 9.97 Å². The van der Waals surface area contributed by atoms with Crippen LogP contribution in [0, 0.1) is 0 Å². The third kappa shape index (κ3) is 3.15. The van der Waals surface area contributed by atoms with Gasteiger partial charge in [-0.3, -0.25) is 9.78 Å². The Morgan fingerprint density at radius 3 is 2.30 bits per heavy atom. The van der Waals surface area contributed by atoms with Gasteiger partial charge in [0.05, 0.1) is 6.60 Å². The van der Waals surface area contributed by atoms with E-state index in [2.05, 4.69) is 9.97 Å². The molecule has 20 heavy (non-hydrogen) atoms. The second-order valence-electron chi connectivity index (χ2n) is 5.34. The first kappa shape index (κ1) is 15.7. The second kappa shape index (κ2) is 5.98. The molecule has 1 aromatic heterocycles. The van der Waals surface area contributed by atoms with Crippen molar-refractivity contribution in [2.45, 2.75) is 12.1 Å². The number of rotatable bonds is 5. The predicted octanol–water partition coefficient (Wildman–Crippen LogP) is -4.19. The van der Waals surface area contributed by atoms with E-state index in [0.717, 1.165) is 0 Å². The number of aromatic nitrogens is 2. The number of nitrogens with one attached hydrogen (secondary N) is 2. The van der Waals surface area contributed by atoms with Gasteiger partial charge in [0.25, 0.3) is 5.56 Å². The molecule has 1 fully saturated rings. The van der Waals surface area contributed by atoms with E-state index in [0.29, 0.717) is 11.9 Å². The van der Waals surface area contributed by atoms with Gasteiger partial charge >= 0.3 is 5.69 Å². The van der Waals surface area contributed by atoms with Gasteiger partial charge in [-0.25, -0.2) is 4.79 Å². The summed E-state index contributed by atoms with van der Waals surface area (Å²) in [4.78, 5) is 27.4. The molecule has 1 atom stereocenters. The van der Waals surface area contributed by atoms with Crippen molar-refractivity contribution in [2.75, 3.05) is 0 Å². The van der Waals surface area contributed by atoms with Crippen LogP contribution in [0.1, 0.15) is 11.4 Å². The van der Waals surface area contributed by atoms with E-state index in [1.54, 1.807) is 0 Å². The van der Waals surface area contributed by atoms with Crippen LogP contribution in [0.25, 0.3) is 0 Å². The topological polar surface area (TPSA) is 65.7 Å². The predicted molar refractivity (Wildman–Crippen MR) is 92.8 cm³/mol. The zero-order valence-electron chi connectivity index (χ0n) is 11.0. The van der Waals surface area contributed by atoms with Crippen LogP contribution < -0.4 is 11.2 Å². The molecule has 82 valence electrons. The first-order valence-corrected chi connectivity index (χ1v) is 6.42. The molecule has 0 spiro atoms. The summed E-state index contributed by atoms with van der Waals surface area (Å²) in [7, 11) is 28.7. The minimum Gasteiger partial charge on any atom is -0.314 e. The molecule has 0 amide bonds. The summed E-state index contributed by atoms with van der Waals surface area (Å²) in [5, 5.41) is 0. The Morgan fingerprint density at radius 1 is 1.15 bits per heavy atom. The Bertz CT molecular complexity index is 586. The molecule has 14 heteroatoms. The molecule has 0 saturated carbocycles. The highest BCUT2D eigenvalue weighted by molar-refractivity contribution is 8.00. The number of hydrogen-bond donors (Lipinski definition) is 2. The molecule has 2 heterocycles. The van der Waals surface area contributed by atoms with Crippen LogP contribution in [0.3, 0.4) is 0 Å². The minimum atomic E-state index is -0.732. The second-order valence-corrected chi connectivity index (χ2v) is 5.34. The van der Waals surface area contributed by atoms with Crippen LogP contribution in [0.5, 0.6) is 0 Å². The molecular weight excluding hydrogens is 240 g/mol. The van der Waals surface area contributed by atoms with Gasteiger partial charge in [-0.15, -0.1) is 0 Å². The van der Waals surface area contributed by atoms with Crippen LogP contribution >= 0.6 is 0 Å². The summed E-state index contributed by atoms with van der Waals surface area (Å²) in [6.07, 6.45) is -0.108. The molecule has 10 radical (unpaired) electrons. The summed E-state index contributed by atoms with van der Waals surface area (Å²) >= 11 is 0. The highest BCUT2D eigenvalue weighted by atomic mass is 16.2. The van der Waals surface area contributed by atoms with E-state index in [9.17, 15) is 9.59 Å². The lowest BCUT2D eigenvalue weighted by Gasteiger charge is -2.25. The van der Waals surface area contributed by atoms with E-state index >= 15 is 0 Å². The highest BCUT2D eigenvalue weighted by Crippen LogP contribution is 2.40. The standard InChI is InChI=1S/C6H6B10N2O2/c7-13(8)15(11)16(14(9)10)12-1-4(12)3-2-17-6(20)18-5(3)19/h2,4H,1H2,(H2,17,18,19,20). The molecule has 0 bridgehead atoms. The molecule has 1 unspecified atom stereocenters. The van der Waals surface area contributed by atoms with E-state index in [1.807, 2.05) is 0 Å². The van der Waals surface area contributed by atoms with Crippen molar-refractivity contribution < 1.29 is 0 Å². The molecule has 2 N–H and O–H groups in total. The molecule has 1 saturated heterocycles. The van der Waals surface area contributed by atoms with E-state index in [1.165, 1.54) is 6.20 Å². The van der Waals surface area contributed by atoms with Crippen molar-refractivity contribution in [3.05, 3.63) is 32.6 Å². The van der Waals surface area contributed by atoms with Crippen molar-refractivity contribution in [2.24, 2.45) is 0 Å². The first-order valence-electron chi connectivity index (χ1n) is 6.42. The summed E-state index contributed by atoms with van der Waals surface area (Å²) < 4.78 is 0. The minimum absolute atomic E-state index is 0.0339. The lowest BCUT2D eigenvalue weighted by atomic mass is 8.57. The van der Waals surface area contributed by atoms with Gasteiger partial charge in [-0.05, 0) is 5.82 Å². The number of H-pyrrole nitrogens is 2. The molecule has 2 rings (SSSR count). The Hall–Kier alpha value is -0.671. The third-order valence-corrected chi connectivity index (χ3v) is 3.92. The zero-order chi connectivity index (χ0) is 15.0. The van der Waals surface area contributed by atoms with Crippen molar-refractivity contribution >= 4 is 70.8 Å². The van der Waals surface area contributed by atoms with Crippen molar-refractivity contribution in [3.63, 3.8) is 0 Å². The van der Waals surface area contributed by atoms with Crippen molar-refractivity contribution in [3.8, 4) is 0 Å². The number of aromatic amines is 2. The zero-order valence-corrected chi connectivity index (χ0v) is 11.0. The average molecular weight is 246 g/mol. The van der Waals surface area contributed by atoms with Gasteiger partial charge in [-0.2, -0.15) is 0 Å². The van der Waals surface area contributed by atoms with Gasteiger partial charge in [0, 0.05) is 76.0 Å². The Labute approximate surface area is 126 Å². The van der Waals surface area contributed by atoms with Gasteiger partial charge in [0.15, 0.2) is 0 Å². The number of hydrogen-bond acceptors (Lipinski definition) is 2. The maximum Gasteiger partial charge on any atom is 0.325 e. The molecule has 1 aliphatic heterocycles. The van der Waals surface area contributed by atoms with Crippen LogP contribution in [-0.4, -0.2) is 80.8 Å². The highest BCUT2D eigenvalue weighted by Gasteiger charge is 2.51. The SMILES string of the molecule is [B]B([B])B([B])B(B([B])[B])B1CC1c1c[nH]c(=O)[nH]c1=O. The molecule has 4 nitrogen and oxygen atoms in total. The maximum absolute atomic E-state index is 11.7. The largest absolute Gasteiger partial charge is 0.325 e. The van der Waals surface area contributed by atoms with Crippen LogP contribution in [0.2, 0.25) is 6.32 Å². The molecule has 0 aromatic carbocycles. The van der Waals surface area contributed by atoms with E-state index in [-0.39, 0.29) is 18.8 Å². The smallest absolute Gasteiger partial charge is 0.314 e. The summed E-state index contributed by atoms with van der Waals surface area (Å²) in [5.41, 5.74) is -0.446. The molecule has 1 aromatic rings. The lowest BCUT2D eigenvalue weighted by Crippen LogP contribution is -2.63. The fourth-order valence-corrected chi connectivity index (χ4v) is 2.78. The monoisotopic (exact) mass is 248 g/mol. The summed E-state index contributed by atoms with van der Waals surface area (Å²) in [6.45, 7) is 0.0339. The fraction of sp³-hybridized carbons (Fsp3) is 0.333. The average Bonchev–Trinajstić information content (AvgIpc) is 3.08. The van der Waals surface area contributed by atoms with Crippen LogP contribution in [0.4, 0.5) is 0 Å². The van der Waals surface area contributed by atoms with E-state index < -0.39 is 30.4 Å². The van der Waals surface area contributed by atoms with E-state index in [4.69, 9.17) is 38.7 Å². The Kier molecular flexibility index (Phi) is 4.70. The third-order valence-electron chi connectivity index (χ3n) is 3.92. The fourth-order valence-electron chi connectivity index (χ4n) is 2.78. The normalized spacial score (nSPS) is 16.6. The first-order chi connectivity index (χ1) is 9.32. The summed E-state index contributed by atoms with van der Waals surface area (Å²) in [6, 6.07) is 0. The van der Waals surface area contributed by atoms with Crippen LogP contribution in [-0.2, 0) is 0 Å². The van der Waals surface area contributed by atoms with Gasteiger partial charge in [0.2, 0.25) is 0 Å². The Balaban J connectivity index is 2.20. The Morgan fingerprint density at radius 2 is 1.80 bits per heavy atom. The maximum atomic E-state index is 11.7. The summed E-state index contributed by atoms with van der Waals surface area (Å²) in [5.74, 6) is -0.0417. The molecule has 0 aliphatic carbocycles. The molecule has 1 aliphatic rings. The quantitative estimate of drug-likeness (QED) is 0.518. The van der Waals surface area contributed by atoms with Gasteiger partial charge in [0.1, 0.15) is 0 Å². The lowest BCUT2D eigenvalue weighted by molar-refractivity contribution is 0.975. The van der Waals surface area contributed by atoms with Gasteiger partial charge < -0.3 is 4.98 Å².